The van der Waals surface area contributed by atoms with Gasteiger partial charge in [-0.2, -0.15) is 5.26 Å². The molecule has 0 amide bonds. The Morgan fingerprint density at radius 3 is 2.63 bits per heavy atom. The van der Waals surface area contributed by atoms with Crippen molar-refractivity contribution < 1.29 is 4.39 Å². The first kappa shape index (κ1) is 15.2. The van der Waals surface area contributed by atoms with Crippen LogP contribution < -0.4 is 0 Å². The molecule has 0 atom stereocenters. The Kier molecular flexibility index (Phi) is 6.02. The van der Waals surface area contributed by atoms with Crippen molar-refractivity contribution in [3.05, 3.63) is 52.9 Å². The lowest BCUT2D eigenvalue weighted by Gasteiger charge is -2.06. The largest absolute Gasteiger partial charge is 0.206 e. The van der Waals surface area contributed by atoms with Crippen LogP contribution in [-0.4, -0.2) is 0 Å². The van der Waals surface area contributed by atoms with Crippen LogP contribution in [-0.2, 0) is 0 Å². The molecular formula is C17H20FN. The minimum absolute atomic E-state index is 0.0915. The highest BCUT2D eigenvalue weighted by atomic mass is 19.1. The number of halogens is 1. The van der Waals surface area contributed by atoms with Crippen LogP contribution in [0.25, 0.3) is 5.57 Å². The summed E-state index contributed by atoms with van der Waals surface area (Å²) >= 11 is 0. The van der Waals surface area contributed by atoms with Crippen molar-refractivity contribution in [3.63, 3.8) is 0 Å². The molecule has 0 fully saturated rings. The molecule has 19 heavy (non-hydrogen) atoms. The zero-order valence-corrected chi connectivity index (χ0v) is 11.8. The quantitative estimate of drug-likeness (QED) is 0.662. The molecule has 0 aromatic heterocycles. The number of rotatable bonds is 5. The van der Waals surface area contributed by atoms with Crippen molar-refractivity contribution in [1.29, 1.82) is 5.26 Å². The van der Waals surface area contributed by atoms with Crippen molar-refractivity contribution in [3.8, 4) is 6.07 Å². The first-order valence-corrected chi connectivity index (χ1v) is 6.69. The van der Waals surface area contributed by atoms with Gasteiger partial charge in [0.05, 0.1) is 5.56 Å². The number of benzene rings is 1. The average molecular weight is 257 g/mol. The van der Waals surface area contributed by atoms with E-state index in [0.29, 0.717) is 0 Å². The van der Waals surface area contributed by atoms with Crippen LogP contribution in [0.5, 0.6) is 0 Å². The third kappa shape index (κ3) is 4.37. The molecule has 0 saturated heterocycles. The second kappa shape index (κ2) is 7.53. The summed E-state index contributed by atoms with van der Waals surface area (Å²) in [6.07, 6.45) is 7.23. The second-order valence-corrected chi connectivity index (χ2v) is 4.61. The molecule has 0 aliphatic rings. The predicted octanol–water partition coefficient (Wildman–Crippen LogP) is 5.24. The van der Waals surface area contributed by atoms with Crippen molar-refractivity contribution in [2.24, 2.45) is 0 Å². The van der Waals surface area contributed by atoms with Gasteiger partial charge >= 0.3 is 0 Å². The number of hydrogen-bond donors (Lipinski definition) is 0. The summed E-state index contributed by atoms with van der Waals surface area (Å²) in [6.45, 7) is 6.29. The standard InChI is InChI=1S/C17H20FN/c1-4-6-13(3)10-14(7-5-2)15-8-9-16(12-19)17(18)11-15/h7-11H,4-6H2,1-3H3/b13-10-,14-7-. The number of nitriles is 1. The van der Waals surface area contributed by atoms with Crippen molar-refractivity contribution in [1.82, 2.24) is 0 Å². The minimum Gasteiger partial charge on any atom is -0.206 e. The molecule has 1 aromatic rings. The predicted molar refractivity (Wildman–Crippen MR) is 78.0 cm³/mol. The van der Waals surface area contributed by atoms with Gasteiger partial charge in [-0.3, -0.25) is 0 Å². The summed E-state index contributed by atoms with van der Waals surface area (Å²) in [5.41, 5.74) is 3.23. The summed E-state index contributed by atoms with van der Waals surface area (Å²) in [5, 5.41) is 8.75. The Morgan fingerprint density at radius 2 is 2.11 bits per heavy atom. The maximum atomic E-state index is 13.7. The van der Waals surface area contributed by atoms with Gasteiger partial charge in [0.2, 0.25) is 0 Å². The van der Waals surface area contributed by atoms with E-state index in [2.05, 4.69) is 32.9 Å². The second-order valence-electron chi connectivity index (χ2n) is 4.61. The lowest BCUT2D eigenvalue weighted by molar-refractivity contribution is 0.623. The minimum atomic E-state index is -0.455. The number of nitrogens with zero attached hydrogens (tertiary/aromatic N) is 1. The maximum absolute atomic E-state index is 13.7. The van der Waals surface area contributed by atoms with E-state index in [0.717, 1.165) is 30.4 Å². The molecule has 100 valence electrons. The Labute approximate surface area is 115 Å². The molecule has 0 radical (unpaired) electrons. The Bertz CT molecular complexity index is 533. The SMILES string of the molecule is CC/C=C(/C=C(/C)CCC)c1ccc(C#N)c(F)c1. The molecular weight excluding hydrogens is 237 g/mol. The molecule has 1 aromatic carbocycles. The molecule has 0 spiro atoms. The fourth-order valence-corrected chi connectivity index (χ4v) is 2.00. The van der Waals surface area contributed by atoms with Gasteiger partial charge < -0.3 is 0 Å². The molecule has 1 nitrogen and oxygen atoms in total. The van der Waals surface area contributed by atoms with Crippen molar-refractivity contribution in [2.75, 3.05) is 0 Å². The molecule has 2 heteroatoms. The van der Waals surface area contributed by atoms with Gasteiger partial charge in [0.25, 0.3) is 0 Å². The van der Waals surface area contributed by atoms with Crippen molar-refractivity contribution >= 4 is 5.57 Å². The summed E-state index contributed by atoms with van der Waals surface area (Å²) in [4.78, 5) is 0. The summed E-state index contributed by atoms with van der Waals surface area (Å²) in [6, 6.07) is 6.63. The van der Waals surface area contributed by atoms with E-state index >= 15 is 0 Å². The molecule has 0 N–H and O–H groups in total. The van der Waals surface area contributed by atoms with Crippen LogP contribution in [0.2, 0.25) is 0 Å². The highest BCUT2D eigenvalue weighted by Gasteiger charge is 2.05. The Balaban J connectivity index is 3.15. The third-order valence-corrected chi connectivity index (χ3v) is 2.89. The third-order valence-electron chi connectivity index (χ3n) is 2.89. The van der Waals surface area contributed by atoms with Crippen LogP contribution in [0.1, 0.15) is 51.2 Å². The van der Waals surface area contributed by atoms with Gasteiger partial charge in [0, 0.05) is 0 Å². The van der Waals surface area contributed by atoms with Gasteiger partial charge in [-0.05, 0) is 43.0 Å². The van der Waals surface area contributed by atoms with E-state index < -0.39 is 5.82 Å². The molecule has 0 heterocycles. The topological polar surface area (TPSA) is 23.8 Å². The van der Waals surface area contributed by atoms with Gasteiger partial charge in [0.15, 0.2) is 0 Å². The molecule has 0 unspecified atom stereocenters. The smallest absolute Gasteiger partial charge is 0.141 e. The summed E-state index contributed by atoms with van der Waals surface area (Å²) in [5.74, 6) is -0.455. The number of allylic oxidation sites excluding steroid dienone is 4. The van der Waals surface area contributed by atoms with E-state index in [1.54, 1.807) is 6.07 Å². The van der Waals surface area contributed by atoms with E-state index in [1.807, 2.05) is 6.07 Å². The maximum Gasteiger partial charge on any atom is 0.141 e. The van der Waals surface area contributed by atoms with Crippen LogP contribution >= 0.6 is 0 Å². The number of hydrogen-bond acceptors (Lipinski definition) is 1. The fourth-order valence-electron chi connectivity index (χ4n) is 2.00. The first-order chi connectivity index (χ1) is 9.12. The van der Waals surface area contributed by atoms with Gasteiger partial charge in [0.1, 0.15) is 11.9 Å². The Morgan fingerprint density at radius 1 is 1.37 bits per heavy atom. The molecule has 0 aliphatic heterocycles. The van der Waals surface area contributed by atoms with Gasteiger partial charge in [-0.1, -0.05) is 44.1 Å². The average Bonchev–Trinajstić information content (AvgIpc) is 2.38. The summed E-state index contributed by atoms with van der Waals surface area (Å²) < 4.78 is 13.7. The van der Waals surface area contributed by atoms with Gasteiger partial charge in [-0.15, -0.1) is 0 Å². The van der Waals surface area contributed by atoms with E-state index in [-0.39, 0.29) is 5.56 Å². The van der Waals surface area contributed by atoms with E-state index in [1.165, 1.54) is 17.7 Å². The molecule has 1 rings (SSSR count). The highest BCUT2D eigenvalue weighted by molar-refractivity contribution is 5.75. The zero-order chi connectivity index (χ0) is 14.3. The lowest BCUT2D eigenvalue weighted by atomic mass is 9.99. The summed E-state index contributed by atoms with van der Waals surface area (Å²) in [7, 11) is 0. The van der Waals surface area contributed by atoms with E-state index in [9.17, 15) is 4.39 Å². The molecule has 0 saturated carbocycles. The monoisotopic (exact) mass is 257 g/mol. The first-order valence-electron chi connectivity index (χ1n) is 6.69. The van der Waals surface area contributed by atoms with Crippen LogP contribution in [0, 0.1) is 17.1 Å². The highest BCUT2D eigenvalue weighted by Crippen LogP contribution is 2.22. The van der Waals surface area contributed by atoms with Crippen LogP contribution in [0.4, 0.5) is 4.39 Å². The van der Waals surface area contributed by atoms with E-state index in [4.69, 9.17) is 5.26 Å². The zero-order valence-electron chi connectivity index (χ0n) is 11.8. The van der Waals surface area contributed by atoms with Crippen molar-refractivity contribution in [2.45, 2.75) is 40.0 Å². The molecule has 0 aliphatic carbocycles. The Hall–Kier alpha value is -1.88. The van der Waals surface area contributed by atoms with Crippen LogP contribution in [0.3, 0.4) is 0 Å². The van der Waals surface area contributed by atoms with Crippen LogP contribution in [0.15, 0.2) is 35.9 Å². The fraction of sp³-hybridized carbons (Fsp3) is 0.353. The lowest BCUT2D eigenvalue weighted by Crippen LogP contribution is -1.89. The van der Waals surface area contributed by atoms with Gasteiger partial charge in [-0.25, -0.2) is 4.39 Å². The molecule has 0 bridgehead atoms. The normalized spacial score (nSPS) is 12.4.